The van der Waals surface area contributed by atoms with Crippen LogP contribution in [0.5, 0.6) is 0 Å². The topological polar surface area (TPSA) is 89.8 Å². The average molecular weight is 426 g/mol. The Kier molecular flexibility index (Phi) is 5.50. The number of carbonyl (C=O) groups is 1. The van der Waals surface area contributed by atoms with Gasteiger partial charge in [0.1, 0.15) is 15.9 Å². The molecular weight excluding hydrogens is 406 g/mol. The number of hydrogen-bond acceptors (Lipinski definition) is 7. The summed E-state index contributed by atoms with van der Waals surface area (Å²) in [6.45, 7) is 3.84. The van der Waals surface area contributed by atoms with Crippen LogP contribution in [0.25, 0.3) is 20.7 Å². The Balaban J connectivity index is 1.67. The Labute approximate surface area is 175 Å². The van der Waals surface area contributed by atoms with Gasteiger partial charge in [-0.2, -0.15) is 0 Å². The number of amides is 1. The van der Waals surface area contributed by atoms with Crippen molar-refractivity contribution >= 4 is 43.9 Å². The van der Waals surface area contributed by atoms with E-state index in [1.54, 1.807) is 0 Å². The number of thiophene rings is 1. The molecule has 0 saturated heterocycles. The molecule has 0 aliphatic carbocycles. The summed E-state index contributed by atoms with van der Waals surface area (Å²) in [5.74, 6) is -0.298. The predicted molar refractivity (Wildman–Crippen MR) is 117 cm³/mol. The zero-order valence-corrected chi connectivity index (χ0v) is 17.6. The normalized spacial score (nSPS) is 12.2. The van der Waals surface area contributed by atoms with Crippen molar-refractivity contribution in [1.82, 2.24) is 19.7 Å². The van der Waals surface area contributed by atoms with Gasteiger partial charge in [-0.15, -0.1) is 21.5 Å². The Morgan fingerprint density at radius 1 is 1.17 bits per heavy atom. The lowest BCUT2D eigenvalue weighted by molar-refractivity contribution is -0.119. The van der Waals surface area contributed by atoms with Crippen LogP contribution >= 0.6 is 22.7 Å². The molecule has 7 nitrogen and oxygen atoms in total. The van der Waals surface area contributed by atoms with Gasteiger partial charge in [-0.05, 0) is 24.5 Å². The van der Waals surface area contributed by atoms with E-state index in [9.17, 15) is 9.59 Å². The maximum Gasteiger partial charge on any atom is 0.262 e. The standard InChI is InChI=1S/C20H19N5O2S2/c1-3-14(17(26)22-20-24-23-16(4-2)29-20)25-11-21-18-13(19(25)27)10-15(28-18)12-8-6-5-7-9-12/h5-11,14H,3-4H2,1-2H3,(H,22,24,26). The summed E-state index contributed by atoms with van der Waals surface area (Å²) in [5.41, 5.74) is 0.816. The number of anilines is 1. The van der Waals surface area contributed by atoms with Crippen molar-refractivity contribution in [1.29, 1.82) is 0 Å². The molecule has 0 radical (unpaired) electrons. The van der Waals surface area contributed by atoms with Crippen LogP contribution in [0.15, 0.2) is 47.5 Å². The third-order valence-corrected chi connectivity index (χ3v) is 6.63. The first kappa shape index (κ1) is 19.4. The number of fused-ring (bicyclic) bond motifs is 1. The van der Waals surface area contributed by atoms with E-state index in [0.717, 1.165) is 21.9 Å². The van der Waals surface area contributed by atoms with E-state index in [1.807, 2.05) is 50.2 Å². The van der Waals surface area contributed by atoms with Crippen LogP contribution in [0.3, 0.4) is 0 Å². The number of nitrogens with one attached hydrogen (secondary N) is 1. The van der Waals surface area contributed by atoms with Gasteiger partial charge in [-0.25, -0.2) is 4.98 Å². The lowest BCUT2D eigenvalue weighted by Crippen LogP contribution is -2.33. The maximum atomic E-state index is 13.1. The molecule has 1 aromatic carbocycles. The van der Waals surface area contributed by atoms with Gasteiger partial charge in [0, 0.05) is 4.88 Å². The molecule has 1 amide bonds. The number of aryl methyl sites for hydroxylation is 1. The predicted octanol–water partition coefficient (Wildman–Crippen LogP) is 4.13. The SMILES string of the molecule is CCc1nnc(NC(=O)C(CC)n2cnc3sc(-c4ccccc4)cc3c2=O)s1. The molecule has 1 atom stereocenters. The van der Waals surface area contributed by atoms with E-state index in [2.05, 4.69) is 20.5 Å². The smallest absolute Gasteiger partial charge is 0.262 e. The molecule has 0 fully saturated rings. The second kappa shape index (κ2) is 8.22. The molecule has 29 heavy (non-hydrogen) atoms. The number of rotatable bonds is 6. The minimum Gasteiger partial charge on any atom is -0.299 e. The number of carbonyl (C=O) groups excluding carboxylic acids is 1. The van der Waals surface area contributed by atoms with Crippen LogP contribution in [0.1, 0.15) is 31.3 Å². The fourth-order valence-corrected chi connectivity index (χ4v) is 4.72. The number of aromatic nitrogens is 4. The lowest BCUT2D eigenvalue weighted by atomic mass is 10.2. The summed E-state index contributed by atoms with van der Waals surface area (Å²) in [5, 5.41) is 12.6. The molecule has 3 heterocycles. The first-order chi connectivity index (χ1) is 14.1. The molecule has 0 saturated carbocycles. The average Bonchev–Trinajstić information content (AvgIpc) is 3.38. The van der Waals surface area contributed by atoms with Crippen LogP contribution in [0, 0.1) is 0 Å². The molecule has 4 aromatic rings. The van der Waals surface area contributed by atoms with Gasteiger partial charge in [-0.3, -0.25) is 19.5 Å². The fraction of sp³-hybridized carbons (Fsp3) is 0.250. The fourth-order valence-electron chi connectivity index (χ4n) is 3.05. The highest BCUT2D eigenvalue weighted by atomic mass is 32.1. The monoisotopic (exact) mass is 425 g/mol. The van der Waals surface area contributed by atoms with Crippen LogP contribution in [-0.4, -0.2) is 25.7 Å². The molecule has 0 bridgehead atoms. The van der Waals surface area contributed by atoms with Crippen LogP contribution in [0.4, 0.5) is 5.13 Å². The van der Waals surface area contributed by atoms with Crippen LogP contribution < -0.4 is 10.9 Å². The van der Waals surface area contributed by atoms with Crippen molar-refractivity contribution in [3.63, 3.8) is 0 Å². The van der Waals surface area contributed by atoms with Crippen LogP contribution in [-0.2, 0) is 11.2 Å². The van der Waals surface area contributed by atoms with E-state index in [0.29, 0.717) is 21.8 Å². The second-order valence-corrected chi connectivity index (χ2v) is 8.51. The van der Waals surface area contributed by atoms with Gasteiger partial charge in [0.2, 0.25) is 11.0 Å². The Morgan fingerprint density at radius 3 is 2.66 bits per heavy atom. The highest BCUT2D eigenvalue weighted by Gasteiger charge is 2.23. The zero-order chi connectivity index (χ0) is 20.4. The minimum absolute atomic E-state index is 0.220. The van der Waals surface area contributed by atoms with Gasteiger partial charge < -0.3 is 0 Å². The van der Waals surface area contributed by atoms with E-state index in [4.69, 9.17) is 0 Å². The van der Waals surface area contributed by atoms with Gasteiger partial charge >= 0.3 is 0 Å². The molecular formula is C20H19N5O2S2. The Morgan fingerprint density at radius 2 is 1.97 bits per heavy atom. The summed E-state index contributed by atoms with van der Waals surface area (Å²) >= 11 is 2.80. The molecule has 0 aliphatic rings. The van der Waals surface area contributed by atoms with E-state index in [1.165, 1.54) is 33.6 Å². The molecule has 148 valence electrons. The second-order valence-electron chi connectivity index (χ2n) is 6.42. The van der Waals surface area contributed by atoms with Gasteiger partial charge in [0.25, 0.3) is 5.56 Å². The summed E-state index contributed by atoms with van der Waals surface area (Å²) in [7, 11) is 0. The lowest BCUT2D eigenvalue weighted by Gasteiger charge is -2.16. The van der Waals surface area contributed by atoms with Crippen molar-refractivity contribution in [2.75, 3.05) is 5.32 Å². The maximum absolute atomic E-state index is 13.1. The largest absolute Gasteiger partial charge is 0.299 e. The van der Waals surface area contributed by atoms with Gasteiger partial charge in [0.15, 0.2) is 0 Å². The molecule has 9 heteroatoms. The molecule has 4 rings (SSSR count). The number of nitrogens with zero attached hydrogens (tertiary/aromatic N) is 4. The third-order valence-electron chi connectivity index (χ3n) is 4.56. The number of benzene rings is 1. The van der Waals surface area contributed by atoms with Crippen molar-refractivity contribution in [2.24, 2.45) is 0 Å². The van der Waals surface area contributed by atoms with Crippen molar-refractivity contribution in [2.45, 2.75) is 32.7 Å². The van der Waals surface area contributed by atoms with Crippen LogP contribution in [0.2, 0.25) is 0 Å². The molecule has 3 aromatic heterocycles. The molecule has 1 N–H and O–H groups in total. The van der Waals surface area contributed by atoms with Crippen molar-refractivity contribution in [3.8, 4) is 10.4 Å². The third kappa shape index (κ3) is 3.83. The molecule has 0 spiro atoms. The van der Waals surface area contributed by atoms with Gasteiger partial charge in [0.05, 0.1) is 11.7 Å². The molecule has 1 unspecified atom stereocenters. The first-order valence-electron chi connectivity index (χ1n) is 9.30. The summed E-state index contributed by atoms with van der Waals surface area (Å²) in [6, 6.07) is 11.0. The summed E-state index contributed by atoms with van der Waals surface area (Å²) in [6.07, 6.45) is 2.67. The van der Waals surface area contributed by atoms with Crippen molar-refractivity contribution in [3.05, 3.63) is 58.1 Å². The zero-order valence-electron chi connectivity index (χ0n) is 16.0. The van der Waals surface area contributed by atoms with E-state index < -0.39 is 6.04 Å². The molecule has 0 aliphatic heterocycles. The van der Waals surface area contributed by atoms with E-state index in [-0.39, 0.29) is 11.5 Å². The number of hydrogen-bond donors (Lipinski definition) is 1. The van der Waals surface area contributed by atoms with Crippen molar-refractivity contribution < 1.29 is 4.79 Å². The minimum atomic E-state index is -0.673. The Bertz CT molecular complexity index is 1210. The Hall–Kier alpha value is -2.91. The summed E-state index contributed by atoms with van der Waals surface area (Å²) in [4.78, 5) is 32.0. The highest BCUT2D eigenvalue weighted by molar-refractivity contribution is 7.21. The van der Waals surface area contributed by atoms with E-state index >= 15 is 0 Å². The summed E-state index contributed by atoms with van der Waals surface area (Å²) < 4.78 is 1.40. The first-order valence-corrected chi connectivity index (χ1v) is 10.9. The van der Waals surface area contributed by atoms with Gasteiger partial charge in [-0.1, -0.05) is 55.5 Å². The highest BCUT2D eigenvalue weighted by Crippen LogP contribution is 2.31. The quantitative estimate of drug-likeness (QED) is 0.502.